The normalized spacial score (nSPS) is 22.6. The minimum atomic E-state index is -0.903. The summed E-state index contributed by atoms with van der Waals surface area (Å²) in [6, 6.07) is 18.6. The summed E-state index contributed by atoms with van der Waals surface area (Å²) in [7, 11) is 0. The lowest BCUT2D eigenvalue weighted by atomic mass is 9.74. The fraction of sp³-hybridized carbons (Fsp3) is 0.296. The van der Waals surface area contributed by atoms with Crippen molar-refractivity contribution < 1.29 is 24.2 Å². The fourth-order valence-corrected chi connectivity index (χ4v) is 6.64. The second-order valence-corrected chi connectivity index (χ2v) is 10.3. The van der Waals surface area contributed by atoms with Crippen molar-refractivity contribution in [2.24, 2.45) is 11.8 Å². The Morgan fingerprint density at radius 1 is 1.03 bits per heavy atom. The molecule has 4 unspecified atom stereocenters. The van der Waals surface area contributed by atoms with Crippen molar-refractivity contribution in [3.63, 3.8) is 0 Å². The fourth-order valence-electron chi connectivity index (χ4n) is 5.87. The number of hydrogen-bond acceptors (Lipinski definition) is 5. The molecule has 8 heteroatoms. The van der Waals surface area contributed by atoms with Crippen LogP contribution in [0.15, 0.2) is 66.0 Å². The van der Waals surface area contributed by atoms with Gasteiger partial charge >= 0.3 is 12.1 Å². The number of nitrogens with zero attached hydrogens (tertiary/aromatic N) is 1. The molecular weight excluding hydrogens is 464 g/mol. The molecule has 2 bridgehead atoms. The number of carboxylic acid groups (broad SMARTS) is 1. The maximum atomic E-state index is 13.4. The molecule has 1 saturated carbocycles. The molecule has 1 aromatic heterocycles. The molecule has 2 aliphatic heterocycles. The number of carboxylic acids is 1. The molecule has 178 valence electrons. The summed E-state index contributed by atoms with van der Waals surface area (Å²) < 4.78 is 5.67. The van der Waals surface area contributed by atoms with Crippen LogP contribution in [0.5, 0.6) is 0 Å². The van der Waals surface area contributed by atoms with Crippen molar-refractivity contribution in [1.82, 2.24) is 10.2 Å². The lowest BCUT2D eigenvalue weighted by molar-refractivity contribution is -0.148. The highest BCUT2D eigenvalue weighted by atomic mass is 32.1. The average Bonchev–Trinajstić information content (AvgIpc) is 3.63. The van der Waals surface area contributed by atoms with Crippen LogP contribution >= 0.6 is 11.3 Å². The lowest BCUT2D eigenvalue weighted by Gasteiger charge is -2.34. The number of amides is 2. The zero-order valence-corrected chi connectivity index (χ0v) is 19.6. The third-order valence-electron chi connectivity index (χ3n) is 7.55. The Kier molecular flexibility index (Phi) is 5.33. The van der Waals surface area contributed by atoms with Crippen LogP contribution in [0.4, 0.5) is 4.79 Å². The van der Waals surface area contributed by atoms with Crippen LogP contribution in [0.3, 0.4) is 0 Å². The van der Waals surface area contributed by atoms with Crippen LogP contribution in [0, 0.1) is 11.8 Å². The predicted molar refractivity (Wildman–Crippen MR) is 130 cm³/mol. The van der Waals surface area contributed by atoms with E-state index in [1.54, 1.807) is 11.0 Å². The summed E-state index contributed by atoms with van der Waals surface area (Å²) >= 11 is 1.37. The van der Waals surface area contributed by atoms with Crippen LogP contribution in [0.25, 0.3) is 11.1 Å². The highest BCUT2D eigenvalue weighted by Crippen LogP contribution is 2.47. The van der Waals surface area contributed by atoms with E-state index >= 15 is 0 Å². The van der Waals surface area contributed by atoms with Gasteiger partial charge in [0.05, 0.1) is 5.92 Å². The number of aliphatic carboxylic acids is 1. The van der Waals surface area contributed by atoms with E-state index in [2.05, 4.69) is 29.6 Å². The number of carbonyl (C=O) groups is 3. The Morgan fingerprint density at radius 3 is 2.31 bits per heavy atom. The number of ether oxygens (including phenoxy) is 1. The molecule has 4 aliphatic rings. The van der Waals surface area contributed by atoms with Gasteiger partial charge in [0, 0.05) is 23.4 Å². The first-order valence-electron chi connectivity index (χ1n) is 11.7. The summed E-state index contributed by atoms with van der Waals surface area (Å²) in [6.45, 7) is 0.565. The zero-order chi connectivity index (χ0) is 24.1. The van der Waals surface area contributed by atoms with Crippen molar-refractivity contribution in [2.45, 2.75) is 24.4 Å². The summed E-state index contributed by atoms with van der Waals surface area (Å²) in [4.78, 5) is 40.2. The standard InChI is InChI=1S/C27H24N2O5S/c30-25(29-13-15-12-21(29)23(15)26(31)32)24(22-10-5-11-35-22)28-27(33)34-14-20-18-8-3-1-6-16(18)17-7-2-4-9-19(17)20/h1-11,15,20-21,23-24H,12-14H2,(H,28,33)(H,31,32). The highest BCUT2D eigenvalue weighted by Gasteiger charge is 2.58. The number of fused-ring (bicyclic) bond motifs is 4. The van der Waals surface area contributed by atoms with Crippen molar-refractivity contribution >= 4 is 29.3 Å². The third-order valence-corrected chi connectivity index (χ3v) is 8.48. The molecule has 4 atom stereocenters. The van der Waals surface area contributed by atoms with Gasteiger partial charge in [-0.1, -0.05) is 54.6 Å². The Bertz CT molecular complexity index is 1260. The van der Waals surface area contributed by atoms with E-state index in [4.69, 9.17) is 4.74 Å². The number of carbonyl (C=O) groups excluding carboxylic acids is 2. The summed E-state index contributed by atoms with van der Waals surface area (Å²) in [5, 5.41) is 14.1. The van der Waals surface area contributed by atoms with Gasteiger partial charge in [-0.3, -0.25) is 9.59 Å². The molecule has 0 spiro atoms. The predicted octanol–water partition coefficient (Wildman–Crippen LogP) is 4.26. The van der Waals surface area contributed by atoms with Gasteiger partial charge in [-0.05, 0) is 46.0 Å². The number of benzene rings is 2. The van der Waals surface area contributed by atoms with Gasteiger partial charge < -0.3 is 20.1 Å². The van der Waals surface area contributed by atoms with Crippen molar-refractivity contribution in [3.8, 4) is 11.1 Å². The van der Waals surface area contributed by atoms with Gasteiger partial charge in [0.25, 0.3) is 5.91 Å². The van der Waals surface area contributed by atoms with Gasteiger partial charge in [-0.15, -0.1) is 11.3 Å². The quantitative estimate of drug-likeness (QED) is 0.541. The van der Waals surface area contributed by atoms with Gasteiger partial charge in [0.1, 0.15) is 12.6 Å². The molecule has 35 heavy (non-hydrogen) atoms. The third kappa shape index (κ3) is 3.60. The second kappa shape index (κ2) is 8.53. The maximum Gasteiger partial charge on any atom is 0.408 e. The van der Waals surface area contributed by atoms with Crippen LogP contribution < -0.4 is 5.32 Å². The molecule has 2 amide bonds. The smallest absolute Gasteiger partial charge is 0.408 e. The monoisotopic (exact) mass is 488 g/mol. The van der Waals surface area contributed by atoms with Crippen LogP contribution in [-0.2, 0) is 14.3 Å². The molecule has 2 aliphatic carbocycles. The average molecular weight is 489 g/mol. The van der Waals surface area contributed by atoms with Crippen LogP contribution in [0.2, 0.25) is 0 Å². The van der Waals surface area contributed by atoms with E-state index in [9.17, 15) is 19.5 Å². The van der Waals surface area contributed by atoms with E-state index in [0.29, 0.717) is 17.8 Å². The Morgan fingerprint density at radius 2 is 1.71 bits per heavy atom. The number of rotatable bonds is 6. The Balaban J connectivity index is 1.17. The number of hydrogen-bond donors (Lipinski definition) is 2. The summed E-state index contributed by atoms with van der Waals surface area (Å²) in [5.74, 6) is -1.75. The molecule has 3 aromatic rings. The van der Waals surface area contributed by atoms with Gasteiger partial charge in [-0.25, -0.2) is 4.79 Å². The second-order valence-electron chi connectivity index (χ2n) is 9.34. The molecule has 7 nitrogen and oxygen atoms in total. The van der Waals surface area contributed by atoms with E-state index in [1.807, 2.05) is 35.7 Å². The van der Waals surface area contributed by atoms with Crippen molar-refractivity contribution in [1.29, 1.82) is 0 Å². The van der Waals surface area contributed by atoms with E-state index in [1.165, 1.54) is 11.3 Å². The Hall–Kier alpha value is -3.65. The summed E-state index contributed by atoms with van der Waals surface area (Å²) in [6.07, 6.45) is 0.0325. The van der Waals surface area contributed by atoms with E-state index in [0.717, 1.165) is 22.3 Å². The van der Waals surface area contributed by atoms with E-state index < -0.39 is 24.0 Å². The molecule has 7 rings (SSSR count). The van der Waals surface area contributed by atoms with E-state index in [-0.39, 0.29) is 30.4 Å². The largest absolute Gasteiger partial charge is 0.481 e. The van der Waals surface area contributed by atoms with Crippen molar-refractivity contribution in [2.75, 3.05) is 13.2 Å². The molecule has 0 radical (unpaired) electrons. The highest BCUT2D eigenvalue weighted by molar-refractivity contribution is 7.10. The van der Waals surface area contributed by atoms with Crippen LogP contribution in [0.1, 0.15) is 34.4 Å². The SMILES string of the molecule is O=C(NC(C(=O)N1CC2CC1C2C(=O)O)c1cccs1)OCC1c2ccccc2-c2ccccc21. The first-order valence-corrected chi connectivity index (χ1v) is 12.6. The molecular formula is C27H24N2O5S. The first-order chi connectivity index (χ1) is 17.0. The maximum absolute atomic E-state index is 13.4. The van der Waals surface area contributed by atoms with Gasteiger partial charge in [0.2, 0.25) is 0 Å². The lowest BCUT2D eigenvalue weighted by Crippen LogP contribution is -2.48. The van der Waals surface area contributed by atoms with Gasteiger partial charge in [-0.2, -0.15) is 0 Å². The first kappa shape index (κ1) is 21.9. The molecule has 3 heterocycles. The molecule has 2 N–H and O–H groups in total. The zero-order valence-electron chi connectivity index (χ0n) is 18.8. The van der Waals surface area contributed by atoms with Crippen molar-refractivity contribution in [3.05, 3.63) is 82.0 Å². The molecule has 2 aromatic carbocycles. The minimum Gasteiger partial charge on any atom is -0.481 e. The van der Waals surface area contributed by atoms with Crippen LogP contribution in [-0.4, -0.2) is 47.2 Å². The minimum absolute atomic E-state index is 0.0140. The van der Waals surface area contributed by atoms with Gasteiger partial charge in [0.15, 0.2) is 0 Å². The Labute approximate surface area is 206 Å². The number of thiophene rings is 1. The topological polar surface area (TPSA) is 95.9 Å². The summed E-state index contributed by atoms with van der Waals surface area (Å²) in [5.41, 5.74) is 4.52. The number of alkyl carbamates (subject to hydrolysis) is 1. The molecule has 2 saturated heterocycles. The number of nitrogens with one attached hydrogen (secondary N) is 1. The molecule has 3 fully saturated rings.